The summed E-state index contributed by atoms with van der Waals surface area (Å²) < 4.78 is 0. The number of aliphatic carboxylic acids is 1. The van der Waals surface area contributed by atoms with E-state index in [1.54, 1.807) is 6.07 Å². The number of ketones is 1. The van der Waals surface area contributed by atoms with E-state index in [9.17, 15) is 14.7 Å². The largest absolute Gasteiger partial charge is 0.508 e. The first kappa shape index (κ1) is 14.2. The summed E-state index contributed by atoms with van der Waals surface area (Å²) in [6, 6.07) is 4.64. The number of aromatic hydroxyl groups is 1. The number of carboxylic acids is 1. The van der Waals surface area contributed by atoms with E-state index < -0.39 is 5.97 Å². The zero-order chi connectivity index (χ0) is 13.9. The van der Waals surface area contributed by atoms with Crippen LogP contribution in [0.25, 0.3) is 0 Å². The van der Waals surface area contributed by atoms with E-state index in [0.29, 0.717) is 11.1 Å². The third-order valence-electron chi connectivity index (χ3n) is 2.69. The van der Waals surface area contributed by atoms with E-state index in [1.807, 2.05) is 20.8 Å². The van der Waals surface area contributed by atoms with Crippen LogP contribution in [0, 0.1) is 0 Å². The van der Waals surface area contributed by atoms with Gasteiger partial charge in [0.2, 0.25) is 0 Å². The van der Waals surface area contributed by atoms with Crippen LogP contribution in [-0.4, -0.2) is 22.0 Å². The second kappa shape index (κ2) is 5.21. The minimum atomic E-state index is -0.988. The van der Waals surface area contributed by atoms with Gasteiger partial charge >= 0.3 is 5.97 Å². The highest BCUT2D eigenvalue weighted by Crippen LogP contribution is 2.31. The van der Waals surface area contributed by atoms with Crippen LogP contribution in [0.2, 0.25) is 0 Å². The number of carbonyl (C=O) groups excluding carboxylic acids is 1. The van der Waals surface area contributed by atoms with Crippen molar-refractivity contribution < 1.29 is 19.8 Å². The molecule has 0 saturated heterocycles. The molecule has 98 valence electrons. The summed E-state index contributed by atoms with van der Waals surface area (Å²) in [6.07, 6.45) is -0.200. The highest BCUT2D eigenvalue weighted by atomic mass is 16.4. The predicted octanol–water partition coefficient (Wildman–Crippen LogP) is 2.74. The molecule has 4 nitrogen and oxygen atoms in total. The second-order valence-corrected chi connectivity index (χ2v) is 5.30. The Labute approximate surface area is 106 Å². The van der Waals surface area contributed by atoms with E-state index in [0.717, 1.165) is 0 Å². The van der Waals surface area contributed by atoms with Gasteiger partial charge in [0.1, 0.15) is 5.75 Å². The van der Waals surface area contributed by atoms with Gasteiger partial charge in [0.05, 0.1) is 6.42 Å². The van der Waals surface area contributed by atoms with E-state index in [2.05, 4.69) is 0 Å². The highest BCUT2D eigenvalue weighted by Gasteiger charge is 2.20. The van der Waals surface area contributed by atoms with Crippen LogP contribution in [0.15, 0.2) is 18.2 Å². The summed E-state index contributed by atoms with van der Waals surface area (Å²) in [5.41, 5.74) is 0.857. The van der Waals surface area contributed by atoms with Crippen molar-refractivity contribution in [1.82, 2.24) is 0 Å². The number of carboxylic acid groups (broad SMARTS) is 1. The lowest BCUT2D eigenvalue weighted by Crippen LogP contribution is -2.13. The maximum absolute atomic E-state index is 11.8. The summed E-state index contributed by atoms with van der Waals surface area (Å²) >= 11 is 0. The van der Waals surface area contributed by atoms with Gasteiger partial charge in [-0.15, -0.1) is 0 Å². The highest BCUT2D eigenvalue weighted by molar-refractivity contribution is 5.97. The number of rotatable bonds is 4. The van der Waals surface area contributed by atoms with Crippen LogP contribution < -0.4 is 0 Å². The molecule has 4 heteroatoms. The van der Waals surface area contributed by atoms with Gasteiger partial charge in [0.15, 0.2) is 5.78 Å². The number of phenols is 1. The molecule has 1 aromatic rings. The Balaban J connectivity index is 2.98. The molecule has 0 aromatic heterocycles. The number of benzene rings is 1. The molecule has 0 aliphatic rings. The quantitative estimate of drug-likeness (QED) is 0.806. The van der Waals surface area contributed by atoms with Gasteiger partial charge in [-0.1, -0.05) is 20.8 Å². The van der Waals surface area contributed by atoms with Gasteiger partial charge in [0, 0.05) is 12.0 Å². The van der Waals surface area contributed by atoms with Crippen LogP contribution in [0.4, 0.5) is 0 Å². The molecule has 0 aliphatic heterocycles. The Morgan fingerprint density at radius 2 is 1.78 bits per heavy atom. The number of carbonyl (C=O) groups is 2. The summed E-state index contributed by atoms with van der Waals surface area (Å²) in [5.74, 6) is -1.06. The molecule has 0 saturated carbocycles. The lowest BCUT2D eigenvalue weighted by atomic mass is 9.85. The second-order valence-electron chi connectivity index (χ2n) is 5.30. The lowest BCUT2D eigenvalue weighted by Gasteiger charge is -2.21. The van der Waals surface area contributed by atoms with Crippen molar-refractivity contribution in [3.8, 4) is 5.75 Å². The molecule has 18 heavy (non-hydrogen) atoms. The van der Waals surface area contributed by atoms with Crippen LogP contribution in [0.5, 0.6) is 5.75 Å². The molecule has 0 radical (unpaired) electrons. The maximum Gasteiger partial charge on any atom is 0.303 e. The van der Waals surface area contributed by atoms with E-state index >= 15 is 0 Å². The van der Waals surface area contributed by atoms with Crippen LogP contribution in [-0.2, 0) is 10.2 Å². The first-order valence-electron chi connectivity index (χ1n) is 5.80. The Morgan fingerprint density at radius 1 is 1.17 bits per heavy atom. The average molecular weight is 250 g/mol. The van der Waals surface area contributed by atoms with Crippen LogP contribution >= 0.6 is 0 Å². The van der Waals surface area contributed by atoms with E-state index in [-0.39, 0.29) is 29.8 Å². The molecule has 1 aromatic carbocycles. The predicted molar refractivity (Wildman–Crippen MR) is 68.0 cm³/mol. The lowest BCUT2D eigenvalue weighted by molar-refractivity contribution is -0.136. The Kier molecular flexibility index (Phi) is 4.11. The van der Waals surface area contributed by atoms with Crippen molar-refractivity contribution >= 4 is 11.8 Å². The van der Waals surface area contributed by atoms with Gasteiger partial charge < -0.3 is 10.2 Å². The Bertz CT molecular complexity index is 469. The fourth-order valence-corrected chi connectivity index (χ4v) is 1.68. The number of phenolic OH excluding ortho intramolecular Hbond substituents is 1. The smallest absolute Gasteiger partial charge is 0.303 e. The number of Topliss-reactive ketones (excluding diaryl/α,β-unsaturated/α-hetero) is 1. The normalized spacial score (nSPS) is 11.3. The first-order chi connectivity index (χ1) is 8.21. The third kappa shape index (κ3) is 3.58. The maximum atomic E-state index is 11.8. The molecule has 0 atom stereocenters. The molecule has 0 fully saturated rings. The molecule has 0 amide bonds. The Morgan fingerprint density at radius 3 is 2.28 bits per heavy atom. The fraction of sp³-hybridized carbons (Fsp3) is 0.429. The van der Waals surface area contributed by atoms with Crippen molar-refractivity contribution in [2.75, 3.05) is 0 Å². The molecule has 0 spiro atoms. The third-order valence-corrected chi connectivity index (χ3v) is 2.69. The molecule has 0 unspecified atom stereocenters. The van der Waals surface area contributed by atoms with Gasteiger partial charge in [-0.2, -0.15) is 0 Å². The summed E-state index contributed by atoms with van der Waals surface area (Å²) in [7, 11) is 0. The molecular formula is C14H18O4. The van der Waals surface area contributed by atoms with Gasteiger partial charge in [0.25, 0.3) is 0 Å². The molecule has 2 N–H and O–H groups in total. The molecule has 0 aliphatic carbocycles. The summed E-state index contributed by atoms with van der Waals surface area (Å²) in [5, 5.41) is 18.3. The molecule has 0 heterocycles. The van der Waals surface area contributed by atoms with Crippen LogP contribution in [0.1, 0.15) is 49.5 Å². The molecule has 0 bridgehead atoms. The zero-order valence-corrected chi connectivity index (χ0v) is 10.9. The molecule has 1 rings (SSSR count). The molecular weight excluding hydrogens is 232 g/mol. The Hall–Kier alpha value is -1.84. The van der Waals surface area contributed by atoms with Gasteiger partial charge in [-0.25, -0.2) is 0 Å². The van der Waals surface area contributed by atoms with Gasteiger partial charge in [-0.05, 0) is 29.2 Å². The van der Waals surface area contributed by atoms with Crippen molar-refractivity contribution in [3.05, 3.63) is 29.3 Å². The van der Waals surface area contributed by atoms with Crippen molar-refractivity contribution in [1.29, 1.82) is 0 Å². The zero-order valence-electron chi connectivity index (χ0n) is 10.9. The minimum absolute atomic E-state index is 0.0241. The summed E-state index contributed by atoms with van der Waals surface area (Å²) in [6.45, 7) is 5.81. The van der Waals surface area contributed by atoms with Crippen LogP contribution in [0.3, 0.4) is 0 Å². The SMILES string of the molecule is CC(C)(C)c1cc(C(=O)CCC(=O)O)ccc1O. The van der Waals surface area contributed by atoms with Crippen molar-refractivity contribution in [3.63, 3.8) is 0 Å². The fourth-order valence-electron chi connectivity index (χ4n) is 1.68. The minimum Gasteiger partial charge on any atom is -0.508 e. The monoisotopic (exact) mass is 250 g/mol. The van der Waals surface area contributed by atoms with E-state index in [1.165, 1.54) is 12.1 Å². The first-order valence-corrected chi connectivity index (χ1v) is 5.80. The average Bonchev–Trinajstić information content (AvgIpc) is 2.24. The standard InChI is InChI=1S/C14H18O4/c1-14(2,3)10-8-9(4-5-12(10)16)11(15)6-7-13(17)18/h4-5,8,16H,6-7H2,1-3H3,(H,17,18). The van der Waals surface area contributed by atoms with Crippen molar-refractivity contribution in [2.45, 2.75) is 39.0 Å². The number of hydrogen-bond acceptors (Lipinski definition) is 3. The van der Waals surface area contributed by atoms with E-state index in [4.69, 9.17) is 5.11 Å². The van der Waals surface area contributed by atoms with Gasteiger partial charge in [-0.3, -0.25) is 9.59 Å². The van der Waals surface area contributed by atoms with Crippen molar-refractivity contribution in [2.24, 2.45) is 0 Å². The summed E-state index contributed by atoms with van der Waals surface area (Å²) in [4.78, 5) is 22.2. The topological polar surface area (TPSA) is 74.6 Å². The number of hydrogen-bond donors (Lipinski definition) is 2.